The molecule has 0 heteroatoms. The maximum absolute atomic E-state index is 8.22. The van der Waals surface area contributed by atoms with Gasteiger partial charge in [0.1, 0.15) is 0 Å². The van der Waals surface area contributed by atoms with Crippen LogP contribution < -0.4 is 0 Å². The van der Waals surface area contributed by atoms with Gasteiger partial charge in [0.15, 0.2) is 0 Å². The van der Waals surface area contributed by atoms with Crippen molar-refractivity contribution in [3.63, 3.8) is 0 Å². The number of benzene rings is 1. The minimum atomic E-state index is 0.162. The smallest absolute Gasteiger partial charge is 0.0590 e. The Morgan fingerprint density at radius 2 is 1.60 bits per heavy atom. The summed E-state index contributed by atoms with van der Waals surface area (Å²) in [5.41, 5.74) is 4.28. The molecule has 0 aliphatic heterocycles. The summed E-state index contributed by atoms with van der Waals surface area (Å²) < 4.78 is 8.22. The zero-order valence-electron chi connectivity index (χ0n) is 11.6. The molecular formula is C15H22. The van der Waals surface area contributed by atoms with Crippen LogP contribution in [0.5, 0.6) is 0 Å². The Labute approximate surface area is 95.1 Å². The molecule has 0 fully saturated rings. The third-order valence-corrected chi connectivity index (χ3v) is 3.87. The summed E-state index contributed by atoms with van der Waals surface area (Å²) in [6.45, 7) is 11.2. The SMILES string of the molecule is [2H]c1cc(C)cc2c1C(C)(C)CCC2(C)C. The monoisotopic (exact) mass is 203 g/mol. The molecule has 0 spiro atoms. The Morgan fingerprint density at radius 1 is 1.07 bits per heavy atom. The van der Waals surface area contributed by atoms with Gasteiger partial charge in [0.2, 0.25) is 0 Å². The fourth-order valence-corrected chi connectivity index (χ4v) is 2.58. The first-order chi connectivity index (χ1) is 7.24. The molecule has 82 valence electrons. The lowest BCUT2D eigenvalue weighted by Gasteiger charge is -2.42. The van der Waals surface area contributed by atoms with Gasteiger partial charge in [0.25, 0.3) is 0 Å². The third kappa shape index (κ3) is 1.71. The highest BCUT2D eigenvalue weighted by molar-refractivity contribution is 5.43. The van der Waals surface area contributed by atoms with Crippen molar-refractivity contribution in [2.24, 2.45) is 0 Å². The van der Waals surface area contributed by atoms with E-state index >= 15 is 0 Å². The summed E-state index contributed by atoms with van der Waals surface area (Å²) >= 11 is 0. The first kappa shape index (κ1) is 9.45. The average Bonchev–Trinajstić information content (AvgIpc) is 2.11. The summed E-state index contributed by atoms with van der Waals surface area (Å²) in [5.74, 6) is 0. The molecule has 0 radical (unpaired) electrons. The van der Waals surface area contributed by atoms with Gasteiger partial charge in [-0.2, -0.15) is 0 Å². The van der Waals surface area contributed by atoms with E-state index in [1.807, 2.05) is 6.07 Å². The lowest BCUT2D eigenvalue weighted by molar-refractivity contribution is 0.331. The number of aryl methyl sites for hydroxylation is 1. The maximum atomic E-state index is 8.22. The molecule has 0 unspecified atom stereocenters. The Morgan fingerprint density at radius 3 is 2.20 bits per heavy atom. The van der Waals surface area contributed by atoms with Crippen molar-refractivity contribution in [3.05, 3.63) is 34.9 Å². The minimum Gasteiger partial charge on any atom is -0.0590 e. The fourth-order valence-electron chi connectivity index (χ4n) is 2.58. The zero-order valence-corrected chi connectivity index (χ0v) is 10.6. The van der Waals surface area contributed by atoms with Gasteiger partial charge in [-0.25, -0.2) is 0 Å². The molecule has 0 nitrogen and oxygen atoms in total. The van der Waals surface area contributed by atoms with Gasteiger partial charge in [0, 0.05) is 0 Å². The first-order valence-corrected chi connectivity index (χ1v) is 5.86. The van der Waals surface area contributed by atoms with Gasteiger partial charge in [-0.05, 0) is 41.7 Å². The summed E-state index contributed by atoms with van der Waals surface area (Å²) in [7, 11) is 0. The van der Waals surface area contributed by atoms with E-state index in [2.05, 4.69) is 40.7 Å². The van der Waals surface area contributed by atoms with Crippen LogP contribution in [0.2, 0.25) is 0 Å². The van der Waals surface area contributed by atoms with Crippen molar-refractivity contribution in [2.75, 3.05) is 0 Å². The van der Waals surface area contributed by atoms with E-state index in [0.717, 1.165) is 6.04 Å². The summed E-state index contributed by atoms with van der Waals surface area (Å²) in [6, 6.07) is 5.02. The summed E-state index contributed by atoms with van der Waals surface area (Å²) in [5, 5.41) is 0. The highest BCUT2D eigenvalue weighted by Gasteiger charge is 2.36. The molecule has 1 aliphatic carbocycles. The highest BCUT2D eigenvalue weighted by atomic mass is 14.4. The molecule has 0 amide bonds. The van der Waals surface area contributed by atoms with E-state index < -0.39 is 0 Å². The van der Waals surface area contributed by atoms with Crippen molar-refractivity contribution >= 4 is 0 Å². The Balaban J connectivity index is 2.74. The Hall–Kier alpha value is -0.780. The standard InChI is InChI=1S/C15H22/c1-11-6-7-12-13(10-11)15(4,5)9-8-14(12,2)3/h6-7,10H,8-9H2,1-5H3/i7D. The van der Waals surface area contributed by atoms with Gasteiger partial charge in [-0.15, -0.1) is 0 Å². The zero-order chi connectivity index (χ0) is 12.1. The second kappa shape index (κ2) is 3.10. The number of hydrogen-bond donors (Lipinski definition) is 0. The van der Waals surface area contributed by atoms with Gasteiger partial charge >= 0.3 is 0 Å². The first-order valence-electron chi connectivity index (χ1n) is 6.36. The van der Waals surface area contributed by atoms with E-state index in [1.165, 1.54) is 29.5 Å². The van der Waals surface area contributed by atoms with Crippen molar-refractivity contribution in [3.8, 4) is 0 Å². The topological polar surface area (TPSA) is 0 Å². The molecule has 15 heavy (non-hydrogen) atoms. The van der Waals surface area contributed by atoms with E-state index in [4.69, 9.17) is 1.37 Å². The molecular weight excluding hydrogens is 180 g/mol. The number of hydrogen-bond acceptors (Lipinski definition) is 0. The van der Waals surface area contributed by atoms with Crippen LogP contribution in [-0.2, 0) is 10.8 Å². The lowest BCUT2D eigenvalue weighted by Crippen LogP contribution is -2.33. The lowest BCUT2D eigenvalue weighted by atomic mass is 9.63. The summed E-state index contributed by atoms with van der Waals surface area (Å²) in [6.07, 6.45) is 2.40. The van der Waals surface area contributed by atoms with Crippen LogP contribution in [-0.4, -0.2) is 0 Å². The predicted octanol–water partition coefficient (Wildman–Crippen LogP) is 4.34. The Kier molecular flexibility index (Phi) is 1.95. The second-order valence-electron chi connectivity index (χ2n) is 6.23. The van der Waals surface area contributed by atoms with Crippen molar-refractivity contribution in [2.45, 2.75) is 58.3 Å². The quantitative estimate of drug-likeness (QED) is 0.588. The number of fused-ring (bicyclic) bond motifs is 1. The van der Waals surface area contributed by atoms with Gasteiger partial charge in [-0.1, -0.05) is 51.4 Å². The molecule has 0 saturated carbocycles. The molecule has 1 aromatic rings. The fraction of sp³-hybridized carbons (Fsp3) is 0.600. The van der Waals surface area contributed by atoms with Crippen LogP contribution in [0.3, 0.4) is 0 Å². The van der Waals surface area contributed by atoms with Crippen LogP contribution in [0.25, 0.3) is 0 Å². The summed E-state index contributed by atoms with van der Waals surface area (Å²) in [4.78, 5) is 0. The molecule has 0 atom stereocenters. The average molecular weight is 203 g/mol. The highest BCUT2D eigenvalue weighted by Crippen LogP contribution is 2.45. The largest absolute Gasteiger partial charge is 0.0626 e. The number of rotatable bonds is 0. The van der Waals surface area contributed by atoms with Crippen molar-refractivity contribution < 1.29 is 1.37 Å². The van der Waals surface area contributed by atoms with Gasteiger partial charge < -0.3 is 0 Å². The minimum absolute atomic E-state index is 0.162. The van der Waals surface area contributed by atoms with E-state index in [1.54, 1.807) is 0 Å². The molecule has 0 saturated heterocycles. The molecule has 1 aliphatic rings. The molecule has 1 aromatic carbocycles. The molecule has 0 aromatic heterocycles. The predicted molar refractivity (Wildman–Crippen MR) is 66.5 cm³/mol. The van der Waals surface area contributed by atoms with Crippen LogP contribution >= 0.6 is 0 Å². The van der Waals surface area contributed by atoms with Gasteiger partial charge in [0.05, 0.1) is 1.37 Å². The Bertz CT molecular complexity index is 427. The normalized spacial score (nSPS) is 23.1. The van der Waals surface area contributed by atoms with E-state index in [-0.39, 0.29) is 10.8 Å². The van der Waals surface area contributed by atoms with E-state index in [9.17, 15) is 0 Å². The van der Waals surface area contributed by atoms with Crippen molar-refractivity contribution in [1.82, 2.24) is 0 Å². The van der Waals surface area contributed by atoms with E-state index in [0.29, 0.717) is 0 Å². The van der Waals surface area contributed by atoms with Crippen LogP contribution in [0.4, 0.5) is 0 Å². The second-order valence-corrected chi connectivity index (χ2v) is 6.23. The third-order valence-electron chi connectivity index (χ3n) is 3.87. The molecule has 0 heterocycles. The maximum Gasteiger partial charge on any atom is 0.0626 e. The van der Waals surface area contributed by atoms with Gasteiger partial charge in [-0.3, -0.25) is 0 Å². The molecule has 0 bridgehead atoms. The van der Waals surface area contributed by atoms with Crippen molar-refractivity contribution in [1.29, 1.82) is 0 Å². The molecule has 0 N–H and O–H groups in total. The van der Waals surface area contributed by atoms with Crippen LogP contribution in [0, 0.1) is 6.92 Å². The van der Waals surface area contributed by atoms with Crippen LogP contribution in [0.1, 0.15) is 58.6 Å². The molecule has 2 rings (SSSR count). The van der Waals surface area contributed by atoms with Crippen LogP contribution in [0.15, 0.2) is 18.2 Å².